The first-order valence-corrected chi connectivity index (χ1v) is 5.40. The summed E-state index contributed by atoms with van der Waals surface area (Å²) in [5.74, 6) is 1.61. The van der Waals surface area contributed by atoms with E-state index in [-0.39, 0.29) is 0 Å². The second-order valence-corrected chi connectivity index (χ2v) is 3.86. The molecule has 0 aliphatic heterocycles. The number of benzene rings is 1. The lowest BCUT2D eigenvalue weighted by atomic mass is 10.1. The maximum absolute atomic E-state index is 5.68. The maximum Gasteiger partial charge on any atom is 0.133 e. The highest BCUT2D eigenvalue weighted by atomic mass is 16.5. The van der Waals surface area contributed by atoms with Gasteiger partial charge in [-0.25, -0.2) is 9.97 Å². The van der Waals surface area contributed by atoms with Gasteiger partial charge in [0.25, 0.3) is 0 Å². The van der Waals surface area contributed by atoms with Crippen LogP contribution in [0.5, 0.6) is 5.75 Å². The molecule has 2 aromatic rings. The van der Waals surface area contributed by atoms with Gasteiger partial charge in [0.1, 0.15) is 11.6 Å². The molecule has 4 heteroatoms. The molecule has 0 saturated carbocycles. The van der Waals surface area contributed by atoms with Gasteiger partial charge in [0.15, 0.2) is 0 Å². The Kier molecular flexibility index (Phi) is 3.23. The predicted molar refractivity (Wildman–Crippen MR) is 67.0 cm³/mol. The molecule has 0 saturated heterocycles. The lowest BCUT2D eigenvalue weighted by Crippen LogP contribution is -2.01. The lowest BCUT2D eigenvalue weighted by Gasteiger charge is -2.05. The number of hydrogen-bond acceptors (Lipinski definition) is 4. The lowest BCUT2D eigenvalue weighted by molar-refractivity contribution is 0.414. The molecule has 4 nitrogen and oxygen atoms in total. The number of nitrogens with two attached hydrogens (primary N) is 1. The SMILES string of the molecule is COc1cccc(Cc2ncc(N)c(C)n2)c1. The van der Waals surface area contributed by atoms with Crippen molar-refractivity contribution in [3.63, 3.8) is 0 Å². The van der Waals surface area contributed by atoms with Crippen molar-refractivity contribution in [3.8, 4) is 5.75 Å². The van der Waals surface area contributed by atoms with Gasteiger partial charge >= 0.3 is 0 Å². The number of nitrogen functional groups attached to an aromatic ring is 1. The van der Waals surface area contributed by atoms with Crippen LogP contribution in [-0.2, 0) is 6.42 Å². The van der Waals surface area contributed by atoms with Crippen molar-refractivity contribution in [3.05, 3.63) is 47.5 Å². The number of ether oxygens (including phenoxy) is 1. The number of nitrogens with zero attached hydrogens (tertiary/aromatic N) is 2. The quantitative estimate of drug-likeness (QED) is 0.874. The summed E-state index contributed by atoms with van der Waals surface area (Å²) < 4.78 is 5.17. The van der Waals surface area contributed by atoms with Crippen LogP contribution in [0.25, 0.3) is 0 Å². The molecule has 0 fully saturated rings. The van der Waals surface area contributed by atoms with Crippen molar-refractivity contribution in [2.45, 2.75) is 13.3 Å². The third-order valence-electron chi connectivity index (χ3n) is 2.56. The first-order valence-electron chi connectivity index (χ1n) is 5.40. The Hall–Kier alpha value is -2.10. The first kappa shape index (κ1) is 11.4. The highest BCUT2D eigenvalue weighted by Gasteiger charge is 2.03. The molecule has 0 bridgehead atoms. The van der Waals surface area contributed by atoms with Gasteiger partial charge in [-0.3, -0.25) is 0 Å². The molecular formula is C13H15N3O. The molecule has 0 spiro atoms. The van der Waals surface area contributed by atoms with Crippen molar-refractivity contribution in [1.82, 2.24) is 9.97 Å². The average Bonchev–Trinajstić information content (AvgIpc) is 2.34. The smallest absolute Gasteiger partial charge is 0.133 e. The van der Waals surface area contributed by atoms with Gasteiger partial charge in [-0.1, -0.05) is 12.1 Å². The minimum Gasteiger partial charge on any atom is -0.497 e. The van der Waals surface area contributed by atoms with Gasteiger partial charge in [0.2, 0.25) is 0 Å². The van der Waals surface area contributed by atoms with Crippen LogP contribution >= 0.6 is 0 Å². The second-order valence-electron chi connectivity index (χ2n) is 3.86. The summed E-state index contributed by atoms with van der Waals surface area (Å²) in [6.07, 6.45) is 2.33. The number of hydrogen-bond donors (Lipinski definition) is 1. The van der Waals surface area contributed by atoms with Crippen molar-refractivity contribution in [1.29, 1.82) is 0 Å². The molecule has 1 aromatic carbocycles. The van der Waals surface area contributed by atoms with E-state index in [9.17, 15) is 0 Å². The summed E-state index contributed by atoms with van der Waals surface area (Å²) >= 11 is 0. The molecule has 0 amide bonds. The van der Waals surface area contributed by atoms with E-state index in [1.54, 1.807) is 13.3 Å². The third-order valence-corrected chi connectivity index (χ3v) is 2.56. The Morgan fingerprint density at radius 1 is 1.35 bits per heavy atom. The summed E-state index contributed by atoms with van der Waals surface area (Å²) in [6.45, 7) is 1.88. The van der Waals surface area contributed by atoms with Crippen LogP contribution in [0.1, 0.15) is 17.1 Å². The molecule has 0 atom stereocenters. The fourth-order valence-electron chi connectivity index (χ4n) is 1.57. The van der Waals surface area contributed by atoms with E-state index in [1.165, 1.54) is 0 Å². The topological polar surface area (TPSA) is 61.0 Å². The summed E-state index contributed by atoms with van der Waals surface area (Å²) in [5, 5.41) is 0. The Balaban J connectivity index is 2.22. The van der Waals surface area contributed by atoms with Gasteiger partial charge in [0, 0.05) is 6.42 Å². The van der Waals surface area contributed by atoms with Crippen LogP contribution in [-0.4, -0.2) is 17.1 Å². The minimum atomic E-state index is 0.624. The molecule has 0 radical (unpaired) electrons. The number of methoxy groups -OCH3 is 1. The number of rotatable bonds is 3. The van der Waals surface area contributed by atoms with E-state index in [0.717, 1.165) is 22.8 Å². The molecule has 1 heterocycles. The maximum atomic E-state index is 5.68. The molecule has 2 rings (SSSR count). The zero-order valence-corrected chi connectivity index (χ0v) is 9.97. The standard InChI is InChI=1S/C13H15N3O/c1-9-12(14)8-15-13(16-9)7-10-4-3-5-11(6-10)17-2/h3-6,8H,7,14H2,1-2H3. The third kappa shape index (κ3) is 2.72. The second kappa shape index (κ2) is 4.82. The van der Waals surface area contributed by atoms with Crippen LogP contribution in [0, 0.1) is 6.92 Å². The molecular weight excluding hydrogens is 214 g/mol. The number of anilines is 1. The molecule has 0 aliphatic rings. The zero-order valence-electron chi connectivity index (χ0n) is 9.97. The van der Waals surface area contributed by atoms with Crippen LogP contribution in [0.2, 0.25) is 0 Å². The van der Waals surface area contributed by atoms with Crippen LogP contribution in [0.3, 0.4) is 0 Å². The van der Waals surface area contributed by atoms with E-state index in [0.29, 0.717) is 12.1 Å². The van der Waals surface area contributed by atoms with Crippen molar-refractivity contribution < 1.29 is 4.74 Å². The van der Waals surface area contributed by atoms with Gasteiger partial charge in [-0.2, -0.15) is 0 Å². The highest BCUT2D eigenvalue weighted by Crippen LogP contribution is 2.15. The molecule has 17 heavy (non-hydrogen) atoms. The monoisotopic (exact) mass is 229 g/mol. The zero-order chi connectivity index (χ0) is 12.3. The molecule has 0 aliphatic carbocycles. The van der Waals surface area contributed by atoms with Crippen molar-refractivity contribution in [2.75, 3.05) is 12.8 Å². The normalized spacial score (nSPS) is 10.2. The summed E-state index contributed by atoms with van der Waals surface area (Å²) in [4.78, 5) is 8.56. The minimum absolute atomic E-state index is 0.624. The van der Waals surface area contributed by atoms with Crippen molar-refractivity contribution >= 4 is 5.69 Å². The number of aryl methyl sites for hydroxylation is 1. The first-order chi connectivity index (χ1) is 8.19. The van der Waals surface area contributed by atoms with Gasteiger partial charge < -0.3 is 10.5 Å². The van der Waals surface area contributed by atoms with Crippen LogP contribution < -0.4 is 10.5 Å². The van der Waals surface area contributed by atoms with E-state index in [2.05, 4.69) is 9.97 Å². The highest BCUT2D eigenvalue weighted by molar-refractivity contribution is 5.39. The summed E-state index contributed by atoms with van der Waals surface area (Å²) in [7, 11) is 1.66. The largest absolute Gasteiger partial charge is 0.497 e. The summed E-state index contributed by atoms with van der Waals surface area (Å²) in [6, 6.07) is 7.88. The fraction of sp³-hybridized carbons (Fsp3) is 0.231. The average molecular weight is 229 g/mol. The van der Waals surface area contributed by atoms with Gasteiger partial charge in [0.05, 0.1) is 24.7 Å². The van der Waals surface area contributed by atoms with Gasteiger partial charge in [-0.05, 0) is 24.6 Å². The molecule has 0 unspecified atom stereocenters. The molecule has 88 valence electrons. The Morgan fingerprint density at radius 3 is 2.88 bits per heavy atom. The predicted octanol–water partition coefficient (Wildman–Crippen LogP) is 1.97. The van der Waals surface area contributed by atoms with E-state index in [1.807, 2.05) is 31.2 Å². The fourth-order valence-corrected chi connectivity index (χ4v) is 1.57. The Morgan fingerprint density at radius 2 is 2.18 bits per heavy atom. The molecule has 2 N–H and O–H groups in total. The Labute approximate surface area is 100 Å². The van der Waals surface area contributed by atoms with E-state index in [4.69, 9.17) is 10.5 Å². The van der Waals surface area contributed by atoms with E-state index >= 15 is 0 Å². The van der Waals surface area contributed by atoms with E-state index < -0.39 is 0 Å². The molecule has 1 aromatic heterocycles. The van der Waals surface area contributed by atoms with Crippen LogP contribution in [0.15, 0.2) is 30.5 Å². The number of aromatic nitrogens is 2. The van der Waals surface area contributed by atoms with Crippen molar-refractivity contribution in [2.24, 2.45) is 0 Å². The van der Waals surface area contributed by atoms with Gasteiger partial charge in [-0.15, -0.1) is 0 Å². The summed E-state index contributed by atoms with van der Waals surface area (Å²) in [5.41, 5.74) is 8.24. The van der Waals surface area contributed by atoms with Crippen LogP contribution in [0.4, 0.5) is 5.69 Å². The Bertz CT molecular complexity index is 526.